The van der Waals surface area contributed by atoms with Gasteiger partial charge in [-0.05, 0) is 83.5 Å². The fourth-order valence-corrected chi connectivity index (χ4v) is 9.57. The van der Waals surface area contributed by atoms with Gasteiger partial charge in [0.05, 0.1) is 25.4 Å². The highest BCUT2D eigenvalue weighted by atomic mass is 16.5. The maximum absolute atomic E-state index is 12.5. The molecule has 0 aromatic carbocycles. The lowest BCUT2D eigenvalue weighted by atomic mass is 10.0. The van der Waals surface area contributed by atoms with Crippen molar-refractivity contribution < 1.29 is 24.5 Å². The van der Waals surface area contributed by atoms with Crippen molar-refractivity contribution in [3.05, 3.63) is 36.5 Å². The Hall–Kier alpha value is -1.92. The van der Waals surface area contributed by atoms with E-state index in [4.69, 9.17) is 4.74 Å². The Morgan fingerprint density at radius 3 is 1.01 bits per heavy atom. The lowest BCUT2D eigenvalue weighted by Crippen LogP contribution is -2.45. The molecule has 6 nitrogen and oxygen atoms in total. The molecule has 0 aliphatic carbocycles. The minimum Gasteiger partial charge on any atom is -0.466 e. The van der Waals surface area contributed by atoms with Crippen molar-refractivity contribution in [1.29, 1.82) is 0 Å². The molecule has 0 heterocycles. The van der Waals surface area contributed by atoms with Gasteiger partial charge in [0.25, 0.3) is 0 Å². The van der Waals surface area contributed by atoms with E-state index in [0.29, 0.717) is 19.4 Å². The van der Waals surface area contributed by atoms with E-state index in [-0.39, 0.29) is 18.5 Å². The predicted octanol–water partition coefficient (Wildman–Crippen LogP) is 19.6. The molecular weight excluding hydrogens is 863 g/mol. The zero-order valence-corrected chi connectivity index (χ0v) is 47.0. The van der Waals surface area contributed by atoms with Crippen LogP contribution in [0.3, 0.4) is 0 Å². The lowest BCUT2D eigenvalue weighted by Gasteiger charge is -2.20. The van der Waals surface area contributed by atoms with Crippen LogP contribution in [-0.4, -0.2) is 47.4 Å². The van der Waals surface area contributed by atoms with Gasteiger partial charge in [-0.3, -0.25) is 9.59 Å². The lowest BCUT2D eigenvalue weighted by molar-refractivity contribution is -0.143. The summed E-state index contributed by atoms with van der Waals surface area (Å²) >= 11 is 0. The Morgan fingerprint density at radius 2 is 0.671 bits per heavy atom. The van der Waals surface area contributed by atoms with Gasteiger partial charge in [0.15, 0.2) is 0 Å². The van der Waals surface area contributed by atoms with Crippen molar-refractivity contribution in [1.82, 2.24) is 5.32 Å². The first-order valence-corrected chi connectivity index (χ1v) is 31.3. The molecule has 2 atom stereocenters. The Morgan fingerprint density at radius 1 is 0.386 bits per heavy atom. The zero-order chi connectivity index (χ0) is 50.7. The number of unbranched alkanes of at least 4 members (excludes halogenated alkanes) is 43. The summed E-state index contributed by atoms with van der Waals surface area (Å²) < 4.78 is 5.48. The molecule has 0 bridgehead atoms. The van der Waals surface area contributed by atoms with Crippen molar-refractivity contribution >= 4 is 11.9 Å². The first-order valence-electron chi connectivity index (χ1n) is 31.3. The van der Waals surface area contributed by atoms with E-state index in [1.54, 1.807) is 6.08 Å². The molecule has 0 radical (unpaired) electrons. The largest absolute Gasteiger partial charge is 0.466 e. The number of aliphatic hydroxyl groups is 2. The third-order valence-electron chi connectivity index (χ3n) is 14.4. The molecule has 0 aromatic rings. The molecule has 0 saturated carbocycles. The van der Waals surface area contributed by atoms with Gasteiger partial charge in [-0.25, -0.2) is 0 Å². The number of amides is 1. The number of esters is 1. The summed E-state index contributed by atoms with van der Waals surface area (Å²) in [7, 11) is 0. The monoisotopic (exact) mass is 984 g/mol. The SMILES string of the molecule is CCCCCCCC/C=C\CCCCCCCC(=O)OCCCCCCCCCCCC/C=C\CCCCCCCCCC(=O)NC(CO)C(O)/C=C/CCCCCCCCCCCCCCCCC. The van der Waals surface area contributed by atoms with E-state index in [9.17, 15) is 19.8 Å². The van der Waals surface area contributed by atoms with Gasteiger partial charge >= 0.3 is 5.97 Å². The summed E-state index contributed by atoms with van der Waals surface area (Å²) in [5, 5.41) is 23.2. The van der Waals surface area contributed by atoms with E-state index >= 15 is 0 Å². The van der Waals surface area contributed by atoms with Crippen LogP contribution in [0.2, 0.25) is 0 Å². The maximum atomic E-state index is 12.5. The van der Waals surface area contributed by atoms with Crippen LogP contribution in [-0.2, 0) is 14.3 Å². The van der Waals surface area contributed by atoms with Gasteiger partial charge in [-0.15, -0.1) is 0 Å². The Balaban J connectivity index is 3.45. The molecule has 412 valence electrons. The zero-order valence-electron chi connectivity index (χ0n) is 47.0. The van der Waals surface area contributed by atoms with Gasteiger partial charge in [0.2, 0.25) is 5.91 Å². The van der Waals surface area contributed by atoms with Gasteiger partial charge in [0.1, 0.15) is 0 Å². The van der Waals surface area contributed by atoms with Gasteiger partial charge in [-0.2, -0.15) is 0 Å². The normalized spacial score (nSPS) is 12.8. The van der Waals surface area contributed by atoms with Crippen molar-refractivity contribution in [2.24, 2.45) is 0 Å². The number of ether oxygens (including phenoxy) is 1. The van der Waals surface area contributed by atoms with Crippen molar-refractivity contribution in [3.8, 4) is 0 Å². The number of allylic oxidation sites excluding steroid dienone is 5. The number of nitrogens with one attached hydrogen (secondary N) is 1. The van der Waals surface area contributed by atoms with Gasteiger partial charge in [0, 0.05) is 12.8 Å². The van der Waals surface area contributed by atoms with E-state index in [1.165, 1.54) is 257 Å². The summed E-state index contributed by atoms with van der Waals surface area (Å²) in [6.07, 6.45) is 74.6. The van der Waals surface area contributed by atoms with Gasteiger partial charge in [-0.1, -0.05) is 275 Å². The molecule has 0 aromatic heterocycles. The third-order valence-corrected chi connectivity index (χ3v) is 14.4. The second kappa shape index (κ2) is 59.6. The van der Waals surface area contributed by atoms with Crippen LogP contribution in [0.15, 0.2) is 36.5 Å². The minimum atomic E-state index is -0.850. The van der Waals surface area contributed by atoms with Crippen LogP contribution in [0, 0.1) is 0 Å². The fourth-order valence-electron chi connectivity index (χ4n) is 9.57. The van der Waals surface area contributed by atoms with Crippen LogP contribution < -0.4 is 5.32 Å². The summed E-state index contributed by atoms with van der Waals surface area (Å²) in [6.45, 7) is 4.90. The summed E-state index contributed by atoms with van der Waals surface area (Å²) in [6, 6.07) is -0.634. The second-order valence-electron chi connectivity index (χ2n) is 21.4. The topological polar surface area (TPSA) is 95.9 Å². The number of hydrogen-bond acceptors (Lipinski definition) is 5. The van der Waals surface area contributed by atoms with Crippen LogP contribution in [0.5, 0.6) is 0 Å². The number of carbonyl (C=O) groups is 2. The summed E-state index contributed by atoms with van der Waals surface area (Å²) in [4.78, 5) is 24.5. The average molecular weight is 985 g/mol. The van der Waals surface area contributed by atoms with Crippen molar-refractivity contribution in [2.45, 2.75) is 347 Å². The highest BCUT2D eigenvalue weighted by Gasteiger charge is 2.18. The number of rotatable bonds is 58. The van der Waals surface area contributed by atoms with Crippen molar-refractivity contribution in [2.75, 3.05) is 13.2 Å². The summed E-state index contributed by atoms with van der Waals surface area (Å²) in [5.41, 5.74) is 0. The fraction of sp³-hybridized carbons (Fsp3) is 0.875. The standard InChI is InChI=1S/C64H121NO5/c1-3-5-7-9-11-13-15-17-19-25-29-32-36-40-44-48-52-56-62(67)61(60-66)65-63(68)57-53-49-45-41-37-33-30-26-23-21-20-22-24-27-31-35-39-43-47-51-55-59-70-64(69)58-54-50-46-42-38-34-28-18-16-14-12-10-8-6-4-2/h18,21,23,28,52,56,61-62,66-67H,3-17,19-20,22,24-27,29-51,53-55,57-60H2,1-2H3,(H,65,68)/b23-21-,28-18-,56-52+. The van der Waals surface area contributed by atoms with Crippen LogP contribution >= 0.6 is 0 Å². The maximum Gasteiger partial charge on any atom is 0.305 e. The van der Waals surface area contributed by atoms with Gasteiger partial charge < -0.3 is 20.3 Å². The smallest absolute Gasteiger partial charge is 0.305 e. The highest BCUT2D eigenvalue weighted by molar-refractivity contribution is 5.76. The number of carbonyl (C=O) groups excluding carboxylic acids is 2. The van der Waals surface area contributed by atoms with Crippen LogP contribution in [0.4, 0.5) is 0 Å². The molecule has 0 spiro atoms. The molecule has 1 amide bonds. The third kappa shape index (κ3) is 55.4. The predicted molar refractivity (Wildman–Crippen MR) is 306 cm³/mol. The van der Waals surface area contributed by atoms with E-state index < -0.39 is 12.1 Å². The molecule has 70 heavy (non-hydrogen) atoms. The average Bonchev–Trinajstić information content (AvgIpc) is 3.36. The Kier molecular flexibility index (Phi) is 58.0. The van der Waals surface area contributed by atoms with E-state index in [1.807, 2.05) is 6.08 Å². The molecule has 2 unspecified atom stereocenters. The van der Waals surface area contributed by atoms with E-state index in [0.717, 1.165) is 51.4 Å². The molecule has 6 heteroatoms. The molecule has 0 aliphatic rings. The molecule has 3 N–H and O–H groups in total. The minimum absolute atomic E-state index is 0.000271. The first-order chi connectivity index (χ1) is 34.5. The van der Waals surface area contributed by atoms with Crippen LogP contribution in [0.25, 0.3) is 0 Å². The Bertz CT molecular complexity index is 1130. The molecule has 0 saturated heterocycles. The quantitative estimate of drug-likeness (QED) is 0.0321. The van der Waals surface area contributed by atoms with E-state index in [2.05, 4.69) is 43.5 Å². The number of hydrogen-bond donors (Lipinski definition) is 3. The van der Waals surface area contributed by atoms with Crippen molar-refractivity contribution in [3.63, 3.8) is 0 Å². The molecule has 0 aliphatic heterocycles. The molecular formula is C64H121NO5. The molecule has 0 fully saturated rings. The number of aliphatic hydroxyl groups excluding tert-OH is 2. The Labute approximate surface area is 436 Å². The first kappa shape index (κ1) is 68.1. The highest BCUT2D eigenvalue weighted by Crippen LogP contribution is 2.17. The second-order valence-corrected chi connectivity index (χ2v) is 21.4. The summed E-state index contributed by atoms with van der Waals surface area (Å²) in [5.74, 6) is -0.0745. The van der Waals surface area contributed by atoms with Crippen LogP contribution in [0.1, 0.15) is 335 Å². The molecule has 0 rings (SSSR count).